The van der Waals surface area contributed by atoms with E-state index in [1.807, 2.05) is 0 Å². The highest BCUT2D eigenvalue weighted by atomic mass is 32.1. The van der Waals surface area contributed by atoms with Crippen molar-refractivity contribution in [1.29, 1.82) is 0 Å². The second-order valence-electron chi connectivity index (χ2n) is 5.92. The predicted octanol–water partition coefficient (Wildman–Crippen LogP) is 1.46. The molecule has 2 fully saturated rings. The van der Waals surface area contributed by atoms with E-state index in [4.69, 9.17) is 0 Å². The molecule has 0 radical (unpaired) electrons. The van der Waals surface area contributed by atoms with Crippen LogP contribution in [0.15, 0.2) is 0 Å². The van der Waals surface area contributed by atoms with Gasteiger partial charge < -0.3 is 10.6 Å². The highest BCUT2D eigenvalue weighted by Crippen LogP contribution is 2.27. The molecule has 2 saturated heterocycles. The number of likely N-dealkylation sites (tertiary alicyclic amines) is 1. The summed E-state index contributed by atoms with van der Waals surface area (Å²) in [5, 5.41) is 16.9. The number of hydrogen-bond donors (Lipinski definition) is 2. The number of carbonyl (C=O) groups is 1. The Balaban J connectivity index is 1.52. The number of carbonyl (C=O) groups excluding carboxylic acids is 1. The van der Waals surface area contributed by atoms with Crippen LogP contribution < -0.4 is 10.6 Å². The molecule has 2 aliphatic rings. The Morgan fingerprint density at radius 3 is 3.19 bits per heavy atom. The lowest BCUT2D eigenvalue weighted by Gasteiger charge is -2.41. The lowest BCUT2D eigenvalue weighted by Crippen LogP contribution is -2.53. The number of amides is 1. The van der Waals surface area contributed by atoms with Gasteiger partial charge in [-0.05, 0) is 25.2 Å². The average molecular weight is 309 g/mol. The smallest absolute Gasteiger partial charge is 0.220 e. The molecule has 2 aliphatic heterocycles. The quantitative estimate of drug-likeness (QED) is 0.862. The van der Waals surface area contributed by atoms with E-state index in [1.165, 1.54) is 0 Å². The van der Waals surface area contributed by atoms with Crippen molar-refractivity contribution in [2.45, 2.75) is 45.2 Å². The molecule has 0 saturated carbocycles. The molecule has 21 heavy (non-hydrogen) atoms. The monoisotopic (exact) mass is 309 g/mol. The van der Waals surface area contributed by atoms with Crippen LogP contribution in [-0.2, 0) is 11.3 Å². The van der Waals surface area contributed by atoms with Gasteiger partial charge in [0.25, 0.3) is 0 Å². The molecule has 0 bridgehead atoms. The zero-order chi connectivity index (χ0) is 14.7. The minimum absolute atomic E-state index is 0.223. The summed E-state index contributed by atoms with van der Waals surface area (Å²) in [7, 11) is 0. The molecule has 1 aromatic rings. The summed E-state index contributed by atoms with van der Waals surface area (Å²) in [5.41, 5.74) is 0. The van der Waals surface area contributed by atoms with Crippen molar-refractivity contribution in [1.82, 2.24) is 20.4 Å². The molecule has 2 atom stereocenters. The molecule has 7 heteroatoms. The van der Waals surface area contributed by atoms with E-state index in [1.54, 1.807) is 11.3 Å². The predicted molar refractivity (Wildman–Crippen MR) is 83.2 cm³/mol. The summed E-state index contributed by atoms with van der Waals surface area (Å²) in [6, 6.07) is 0.388. The van der Waals surface area contributed by atoms with Gasteiger partial charge in [0.2, 0.25) is 11.0 Å². The van der Waals surface area contributed by atoms with Crippen molar-refractivity contribution >= 4 is 22.4 Å². The summed E-state index contributed by atoms with van der Waals surface area (Å²) in [6.45, 7) is 6.05. The van der Waals surface area contributed by atoms with Crippen LogP contribution in [0, 0.1) is 5.92 Å². The topological polar surface area (TPSA) is 70.2 Å². The molecule has 3 heterocycles. The van der Waals surface area contributed by atoms with Crippen molar-refractivity contribution in [2.75, 3.05) is 25.0 Å². The number of rotatable bonds is 5. The summed E-state index contributed by atoms with van der Waals surface area (Å²) in [5.74, 6) is 0.822. The highest BCUT2D eigenvalue weighted by Gasteiger charge is 2.33. The van der Waals surface area contributed by atoms with Gasteiger partial charge in [0.1, 0.15) is 5.01 Å². The van der Waals surface area contributed by atoms with Crippen LogP contribution >= 0.6 is 11.3 Å². The second kappa shape index (κ2) is 6.70. The molecular formula is C14H23N5OS. The van der Waals surface area contributed by atoms with Crippen LogP contribution in [-0.4, -0.2) is 46.7 Å². The maximum absolute atomic E-state index is 11.4. The molecule has 1 aromatic heterocycles. The van der Waals surface area contributed by atoms with Crippen LogP contribution in [0.25, 0.3) is 0 Å². The molecule has 2 unspecified atom stereocenters. The van der Waals surface area contributed by atoms with E-state index in [0.29, 0.717) is 18.4 Å². The molecule has 3 rings (SSSR count). The molecule has 6 nitrogen and oxygen atoms in total. The summed E-state index contributed by atoms with van der Waals surface area (Å²) in [4.78, 5) is 13.9. The van der Waals surface area contributed by atoms with E-state index in [9.17, 15) is 4.79 Å². The number of piperidine rings is 2. The lowest BCUT2D eigenvalue weighted by molar-refractivity contribution is -0.125. The SMILES string of the molecule is CCCNc1nnc(CN2CCC3NC(=O)CCC3C2)s1. The Morgan fingerprint density at radius 2 is 2.33 bits per heavy atom. The summed E-state index contributed by atoms with van der Waals surface area (Å²) >= 11 is 1.65. The second-order valence-corrected chi connectivity index (χ2v) is 6.99. The Hall–Kier alpha value is -1.21. The minimum atomic E-state index is 0.223. The zero-order valence-electron chi connectivity index (χ0n) is 12.5. The Morgan fingerprint density at radius 1 is 1.43 bits per heavy atom. The third kappa shape index (κ3) is 3.71. The average Bonchev–Trinajstić information content (AvgIpc) is 2.93. The van der Waals surface area contributed by atoms with Crippen molar-refractivity contribution < 1.29 is 4.79 Å². The number of nitrogens with one attached hydrogen (secondary N) is 2. The van der Waals surface area contributed by atoms with Gasteiger partial charge in [-0.2, -0.15) is 0 Å². The maximum atomic E-state index is 11.4. The van der Waals surface area contributed by atoms with Gasteiger partial charge in [-0.15, -0.1) is 10.2 Å². The Bertz CT molecular complexity index is 491. The minimum Gasteiger partial charge on any atom is -0.360 e. The normalized spacial score (nSPS) is 26.2. The maximum Gasteiger partial charge on any atom is 0.220 e. The van der Waals surface area contributed by atoms with Gasteiger partial charge in [-0.1, -0.05) is 18.3 Å². The number of nitrogens with zero attached hydrogens (tertiary/aromatic N) is 3. The third-order valence-electron chi connectivity index (χ3n) is 4.26. The number of hydrogen-bond acceptors (Lipinski definition) is 6. The molecule has 2 N–H and O–H groups in total. The molecular weight excluding hydrogens is 286 g/mol. The van der Waals surface area contributed by atoms with Crippen LogP contribution in [0.5, 0.6) is 0 Å². The molecule has 0 aromatic carbocycles. The lowest BCUT2D eigenvalue weighted by atomic mass is 9.85. The van der Waals surface area contributed by atoms with Crippen LogP contribution in [0.1, 0.15) is 37.6 Å². The molecule has 0 aliphatic carbocycles. The first-order valence-corrected chi connectivity index (χ1v) is 8.64. The first-order valence-electron chi connectivity index (χ1n) is 7.82. The van der Waals surface area contributed by atoms with Crippen LogP contribution in [0.2, 0.25) is 0 Å². The van der Waals surface area contributed by atoms with Gasteiger partial charge in [-0.3, -0.25) is 9.69 Å². The van der Waals surface area contributed by atoms with Gasteiger partial charge >= 0.3 is 0 Å². The molecule has 1 amide bonds. The van der Waals surface area contributed by atoms with E-state index < -0.39 is 0 Å². The van der Waals surface area contributed by atoms with E-state index in [-0.39, 0.29) is 5.91 Å². The van der Waals surface area contributed by atoms with Gasteiger partial charge in [-0.25, -0.2) is 0 Å². The van der Waals surface area contributed by atoms with Gasteiger partial charge in [0.15, 0.2) is 0 Å². The molecule has 116 valence electrons. The fraction of sp³-hybridized carbons (Fsp3) is 0.786. The fourth-order valence-electron chi connectivity index (χ4n) is 3.14. The van der Waals surface area contributed by atoms with Gasteiger partial charge in [0.05, 0.1) is 6.54 Å². The zero-order valence-corrected chi connectivity index (χ0v) is 13.3. The van der Waals surface area contributed by atoms with Crippen LogP contribution in [0.3, 0.4) is 0 Å². The fourth-order valence-corrected chi connectivity index (χ4v) is 3.95. The number of fused-ring (bicyclic) bond motifs is 1. The first-order chi connectivity index (χ1) is 10.2. The largest absolute Gasteiger partial charge is 0.360 e. The summed E-state index contributed by atoms with van der Waals surface area (Å²) in [6.07, 6.45) is 3.84. The standard InChI is InChI=1S/C14H23N5OS/c1-2-6-15-14-18-17-13(21-14)9-19-7-5-11-10(8-19)3-4-12(20)16-11/h10-11H,2-9H2,1H3,(H,15,18)(H,16,20). The van der Waals surface area contributed by atoms with E-state index >= 15 is 0 Å². The molecule has 0 spiro atoms. The van der Waals surface area contributed by atoms with E-state index in [2.05, 4.69) is 32.7 Å². The first kappa shape index (κ1) is 14.7. The highest BCUT2D eigenvalue weighted by molar-refractivity contribution is 7.15. The number of aromatic nitrogens is 2. The van der Waals surface area contributed by atoms with Crippen molar-refractivity contribution in [3.05, 3.63) is 5.01 Å². The summed E-state index contributed by atoms with van der Waals surface area (Å²) < 4.78 is 0. The van der Waals surface area contributed by atoms with Crippen molar-refractivity contribution in [2.24, 2.45) is 5.92 Å². The Kier molecular flexibility index (Phi) is 4.70. The third-order valence-corrected chi connectivity index (χ3v) is 5.12. The van der Waals surface area contributed by atoms with Crippen molar-refractivity contribution in [3.63, 3.8) is 0 Å². The Labute approximate surface area is 129 Å². The van der Waals surface area contributed by atoms with Crippen molar-refractivity contribution in [3.8, 4) is 0 Å². The van der Waals surface area contributed by atoms with Gasteiger partial charge in [0, 0.05) is 32.1 Å². The van der Waals surface area contributed by atoms with E-state index in [0.717, 1.165) is 55.6 Å². The van der Waals surface area contributed by atoms with Crippen LogP contribution in [0.4, 0.5) is 5.13 Å². The number of anilines is 1.